The summed E-state index contributed by atoms with van der Waals surface area (Å²) in [5, 5.41) is 13.6. The van der Waals surface area contributed by atoms with Crippen molar-refractivity contribution in [1.82, 2.24) is 9.88 Å². The lowest BCUT2D eigenvalue weighted by molar-refractivity contribution is 0.0748. The topological polar surface area (TPSA) is 36.4 Å². The number of thiazole rings is 1. The largest absolute Gasteiger partial charge is 0.396 e. The van der Waals surface area contributed by atoms with E-state index >= 15 is 0 Å². The zero-order valence-corrected chi connectivity index (χ0v) is 14.4. The molecule has 0 unspecified atom stereocenters. The molecule has 3 atom stereocenters. The van der Waals surface area contributed by atoms with Crippen molar-refractivity contribution in [2.24, 2.45) is 5.41 Å². The molecule has 2 bridgehead atoms. The van der Waals surface area contributed by atoms with Gasteiger partial charge in [0.2, 0.25) is 0 Å². The summed E-state index contributed by atoms with van der Waals surface area (Å²) in [5.74, 6) is 0. The van der Waals surface area contributed by atoms with Crippen LogP contribution >= 0.6 is 11.3 Å². The van der Waals surface area contributed by atoms with Crippen LogP contribution in [-0.2, 0) is 13.0 Å². The fourth-order valence-electron chi connectivity index (χ4n) is 4.74. The molecule has 0 amide bonds. The Morgan fingerprint density at radius 1 is 1.30 bits per heavy atom. The van der Waals surface area contributed by atoms with Gasteiger partial charge in [-0.15, -0.1) is 11.3 Å². The molecular formula is C19H24N2OS. The summed E-state index contributed by atoms with van der Waals surface area (Å²) < 4.78 is 0. The van der Waals surface area contributed by atoms with Crippen LogP contribution in [0, 0.1) is 12.3 Å². The van der Waals surface area contributed by atoms with Gasteiger partial charge in [-0.2, -0.15) is 0 Å². The molecule has 4 rings (SSSR count). The van der Waals surface area contributed by atoms with E-state index in [1.807, 2.05) is 0 Å². The first-order chi connectivity index (χ1) is 11.2. The van der Waals surface area contributed by atoms with Crippen LogP contribution in [0.2, 0.25) is 0 Å². The number of rotatable bonds is 5. The van der Waals surface area contributed by atoms with E-state index in [1.165, 1.54) is 24.1 Å². The van der Waals surface area contributed by atoms with Crippen LogP contribution in [0.5, 0.6) is 0 Å². The second-order valence-corrected chi connectivity index (χ2v) is 8.23. The second-order valence-electron chi connectivity index (χ2n) is 7.16. The highest BCUT2D eigenvalue weighted by atomic mass is 32.1. The second kappa shape index (κ2) is 6.00. The standard InChI is InChI=1S/C19H24N2OS/c1-14-20-16(12-23-14)11-21-17-7-8-18(21)19(10-17,13-22)9-15-5-3-2-4-6-15/h2-6,12,17-18,22H,7-11,13H2,1H3/t17-,18+,19-/m1/s1. The maximum atomic E-state index is 10.2. The number of aromatic nitrogens is 1. The van der Waals surface area contributed by atoms with Gasteiger partial charge in [-0.05, 0) is 38.2 Å². The molecule has 2 aliphatic heterocycles. The lowest BCUT2D eigenvalue weighted by atomic mass is 9.70. The summed E-state index contributed by atoms with van der Waals surface area (Å²) >= 11 is 1.73. The van der Waals surface area contributed by atoms with E-state index in [0.29, 0.717) is 12.1 Å². The third-order valence-electron chi connectivity index (χ3n) is 5.72. The van der Waals surface area contributed by atoms with Gasteiger partial charge in [0.05, 0.1) is 17.3 Å². The lowest BCUT2D eigenvalue weighted by Gasteiger charge is -2.36. The van der Waals surface area contributed by atoms with Gasteiger partial charge in [-0.1, -0.05) is 30.3 Å². The predicted molar refractivity (Wildman–Crippen MR) is 93.5 cm³/mol. The first kappa shape index (κ1) is 15.3. The van der Waals surface area contributed by atoms with E-state index in [1.54, 1.807) is 11.3 Å². The minimum atomic E-state index is 0.0232. The molecule has 1 aromatic heterocycles. The molecule has 2 aliphatic rings. The van der Waals surface area contributed by atoms with Crippen LogP contribution in [0.1, 0.15) is 35.5 Å². The zero-order valence-electron chi connectivity index (χ0n) is 13.6. The minimum absolute atomic E-state index is 0.0232. The number of hydrogen-bond acceptors (Lipinski definition) is 4. The summed E-state index contributed by atoms with van der Waals surface area (Å²) in [7, 11) is 0. The van der Waals surface area contributed by atoms with Crippen molar-refractivity contribution in [3.8, 4) is 0 Å². The third kappa shape index (κ3) is 2.73. The van der Waals surface area contributed by atoms with Gasteiger partial charge in [0.25, 0.3) is 0 Å². The smallest absolute Gasteiger partial charge is 0.0897 e. The molecule has 0 radical (unpaired) electrons. The fraction of sp³-hybridized carbons (Fsp3) is 0.526. The van der Waals surface area contributed by atoms with E-state index in [0.717, 1.165) is 24.4 Å². The Bertz CT molecular complexity index is 671. The van der Waals surface area contributed by atoms with Crippen molar-refractivity contribution < 1.29 is 5.11 Å². The van der Waals surface area contributed by atoms with Crippen LogP contribution < -0.4 is 0 Å². The molecule has 0 spiro atoms. The number of aliphatic hydroxyl groups excluding tert-OH is 1. The van der Waals surface area contributed by atoms with Crippen molar-refractivity contribution in [3.63, 3.8) is 0 Å². The molecule has 3 nitrogen and oxygen atoms in total. The SMILES string of the molecule is Cc1nc(CN2[C@@H]3CC[C@H]2[C@](CO)(Cc2ccccc2)C3)cs1. The van der Waals surface area contributed by atoms with Crippen molar-refractivity contribution in [1.29, 1.82) is 0 Å². The summed E-state index contributed by atoms with van der Waals surface area (Å²) in [4.78, 5) is 7.26. The fourth-order valence-corrected chi connectivity index (χ4v) is 5.35. The molecule has 122 valence electrons. The van der Waals surface area contributed by atoms with Gasteiger partial charge < -0.3 is 5.11 Å². The van der Waals surface area contributed by atoms with E-state index < -0.39 is 0 Å². The van der Waals surface area contributed by atoms with Gasteiger partial charge in [0.15, 0.2) is 0 Å². The molecule has 3 heterocycles. The highest BCUT2D eigenvalue weighted by molar-refractivity contribution is 7.09. The van der Waals surface area contributed by atoms with Gasteiger partial charge >= 0.3 is 0 Å². The van der Waals surface area contributed by atoms with Crippen LogP contribution in [0.25, 0.3) is 0 Å². The molecule has 0 aliphatic carbocycles. The lowest BCUT2D eigenvalue weighted by Crippen LogP contribution is -2.41. The average molecular weight is 328 g/mol. The Balaban J connectivity index is 1.56. The number of nitrogens with zero attached hydrogens (tertiary/aromatic N) is 2. The Hall–Kier alpha value is -1.23. The quantitative estimate of drug-likeness (QED) is 0.914. The molecule has 2 saturated heterocycles. The molecule has 23 heavy (non-hydrogen) atoms. The number of fused-ring (bicyclic) bond motifs is 2. The van der Waals surface area contributed by atoms with E-state index in [4.69, 9.17) is 0 Å². The molecular weight excluding hydrogens is 304 g/mol. The van der Waals surface area contributed by atoms with Crippen LogP contribution in [-0.4, -0.2) is 33.7 Å². The summed E-state index contributed by atoms with van der Waals surface area (Å²) in [6, 6.07) is 11.7. The summed E-state index contributed by atoms with van der Waals surface area (Å²) in [5.41, 5.74) is 2.56. The predicted octanol–water partition coefficient (Wildman–Crippen LogP) is 3.41. The summed E-state index contributed by atoms with van der Waals surface area (Å²) in [6.45, 7) is 3.30. The Morgan fingerprint density at radius 3 is 2.83 bits per heavy atom. The highest BCUT2D eigenvalue weighted by Gasteiger charge is 2.55. The summed E-state index contributed by atoms with van der Waals surface area (Å²) in [6.07, 6.45) is 4.58. The maximum Gasteiger partial charge on any atom is 0.0897 e. The zero-order chi connectivity index (χ0) is 15.9. The third-order valence-corrected chi connectivity index (χ3v) is 6.54. The van der Waals surface area contributed by atoms with E-state index in [-0.39, 0.29) is 12.0 Å². The molecule has 4 heteroatoms. The van der Waals surface area contributed by atoms with Crippen LogP contribution in [0.15, 0.2) is 35.7 Å². The normalized spacial score (nSPS) is 30.2. The average Bonchev–Trinajstić information content (AvgIpc) is 3.23. The Morgan fingerprint density at radius 2 is 2.13 bits per heavy atom. The van der Waals surface area contributed by atoms with E-state index in [9.17, 15) is 5.11 Å². The van der Waals surface area contributed by atoms with Gasteiger partial charge in [-0.25, -0.2) is 4.98 Å². The molecule has 2 fully saturated rings. The number of hydrogen-bond donors (Lipinski definition) is 1. The minimum Gasteiger partial charge on any atom is -0.396 e. The maximum absolute atomic E-state index is 10.2. The Kier molecular flexibility index (Phi) is 4.00. The van der Waals surface area contributed by atoms with Gasteiger partial charge in [0, 0.05) is 29.4 Å². The van der Waals surface area contributed by atoms with Gasteiger partial charge in [-0.3, -0.25) is 4.90 Å². The monoisotopic (exact) mass is 328 g/mol. The molecule has 0 saturated carbocycles. The first-order valence-corrected chi connectivity index (χ1v) is 9.40. The molecule has 1 aromatic carbocycles. The van der Waals surface area contributed by atoms with Crippen molar-refractivity contribution in [3.05, 3.63) is 52.0 Å². The van der Waals surface area contributed by atoms with Crippen molar-refractivity contribution in [2.45, 2.75) is 51.2 Å². The van der Waals surface area contributed by atoms with Crippen molar-refractivity contribution >= 4 is 11.3 Å². The Labute approximate surface area is 142 Å². The highest BCUT2D eigenvalue weighted by Crippen LogP contribution is 2.51. The number of aryl methyl sites for hydroxylation is 1. The van der Waals surface area contributed by atoms with Crippen LogP contribution in [0.4, 0.5) is 0 Å². The van der Waals surface area contributed by atoms with Crippen molar-refractivity contribution in [2.75, 3.05) is 6.61 Å². The molecule has 1 N–H and O–H groups in total. The van der Waals surface area contributed by atoms with E-state index in [2.05, 4.69) is 52.5 Å². The number of aliphatic hydroxyl groups is 1. The van der Waals surface area contributed by atoms with Crippen LogP contribution in [0.3, 0.4) is 0 Å². The van der Waals surface area contributed by atoms with Gasteiger partial charge in [0.1, 0.15) is 0 Å². The first-order valence-electron chi connectivity index (χ1n) is 8.52. The molecule has 2 aromatic rings. The number of benzene rings is 1.